The summed E-state index contributed by atoms with van der Waals surface area (Å²) in [5.74, 6) is -0.799. The largest absolute Gasteiger partial charge is 0.481 e. The summed E-state index contributed by atoms with van der Waals surface area (Å²) in [6.07, 6.45) is 1.10. The normalized spacial score (nSPS) is 10.2. The molecule has 0 saturated carbocycles. The molecule has 2 aromatic carbocycles. The van der Waals surface area contributed by atoms with Gasteiger partial charge in [-0.15, -0.1) is 0 Å². The second kappa shape index (κ2) is 6.75. The van der Waals surface area contributed by atoms with Crippen molar-refractivity contribution in [2.45, 2.75) is 26.3 Å². The quantitative estimate of drug-likeness (QED) is 0.844. The van der Waals surface area contributed by atoms with E-state index in [4.69, 9.17) is 5.11 Å². The highest BCUT2D eigenvalue weighted by molar-refractivity contribution is 5.70. The molecular formula is C17H19NO2. The molecule has 0 unspecified atom stereocenters. The zero-order valence-electron chi connectivity index (χ0n) is 11.6. The molecule has 0 heterocycles. The number of carboxylic acids is 1. The minimum Gasteiger partial charge on any atom is -0.481 e. The number of hydrogen-bond donors (Lipinski definition) is 2. The van der Waals surface area contributed by atoms with Crippen LogP contribution in [0.2, 0.25) is 0 Å². The molecule has 3 nitrogen and oxygen atoms in total. The van der Waals surface area contributed by atoms with E-state index in [1.54, 1.807) is 0 Å². The lowest BCUT2D eigenvalue weighted by atomic mass is 10.1. The number of aliphatic carboxylic acids is 1. The Kier molecular flexibility index (Phi) is 4.77. The molecule has 0 aliphatic rings. The van der Waals surface area contributed by atoms with Crippen LogP contribution in [0.4, 0.5) is 5.69 Å². The summed E-state index contributed by atoms with van der Waals surface area (Å²) in [5.41, 5.74) is 4.39. The molecule has 2 N–H and O–H groups in total. The Hall–Kier alpha value is -2.29. The Morgan fingerprint density at radius 1 is 1.05 bits per heavy atom. The van der Waals surface area contributed by atoms with Crippen molar-refractivity contribution >= 4 is 11.7 Å². The molecule has 0 radical (unpaired) electrons. The molecule has 0 amide bonds. The number of benzene rings is 2. The van der Waals surface area contributed by atoms with E-state index < -0.39 is 5.97 Å². The third-order valence-electron chi connectivity index (χ3n) is 3.21. The molecule has 0 aliphatic carbocycles. The summed E-state index contributed by atoms with van der Waals surface area (Å²) in [6.45, 7) is 2.88. The summed E-state index contributed by atoms with van der Waals surface area (Å²) in [4.78, 5) is 10.6. The first kappa shape index (κ1) is 14.1. The van der Waals surface area contributed by atoms with Crippen molar-refractivity contribution in [2.75, 3.05) is 5.32 Å². The van der Waals surface area contributed by atoms with Gasteiger partial charge in [0.05, 0.1) is 6.42 Å². The third kappa shape index (κ3) is 4.12. The van der Waals surface area contributed by atoms with Crippen molar-refractivity contribution in [1.29, 1.82) is 0 Å². The molecule has 0 bridgehead atoms. The SMILES string of the molecule is CCc1cccc(NCc2ccc(CC(=O)O)cc2)c1. The van der Waals surface area contributed by atoms with E-state index >= 15 is 0 Å². The summed E-state index contributed by atoms with van der Waals surface area (Å²) >= 11 is 0. The van der Waals surface area contributed by atoms with Gasteiger partial charge in [0, 0.05) is 12.2 Å². The Morgan fingerprint density at radius 2 is 1.75 bits per heavy atom. The van der Waals surface area contributed by atoms with Crippen LogP contribution in [-0.2, 0) is 24.2 Å². The van der Waals surface area contributed by atoms with Crippen LogP contribution in [0, 0.1) is 0 Å². The molecule has 3 heteroatoms. The van der Waals surface area contributed by atoms with E-state index in [1.165, 1.54) is 5.56 Å². The highest BCUT2D eigenvalue weighted by Gasteiger charge is 2.00. The maximum atomic E-state index is 10.6. The molecule has 104 valence electrons. The summed E-state index contributed by atoms with van der Waals surface area (Å²) in [6, 6.07) is 16.0. The number of nitrogens with one attached hydrogen (secondary N) is 1. The smallest absolute Gasteiger partial charge is 0.307 e. The first-order valence-electron chi connectivity index (χ1n) is 6.80. The van der Waals surface area contributed by atoms with Gasteiger partial charge in [-0.25, -0.2) is 0 Å². The van der Waals surface area contributed by atoms with E-state index in [0.29, 0.717) is 0 Å². The minimum absolute atomic E-state index is 0.0756. The molecule has 0 saturated heterocycles. The lowest BCUT2D eigenvalue weighted by molar-refractivity contribution is -0.136. The number of anilines is 1. The lowest BCUT2D eigenvalue weighted by Crippen LogP contribution is -2.02. The molecule has 0 spiro atoms. The second-order valence-electron chi connectivity index (χ2n) is 4.79. The number of aryl methyl sites for hydroxylation is 1. The van der Waals surface area contributed by atoms with Crippen molar-refractivity contribution in [3.8, 4) is 0 Å². The van der Waals surface area contributed by atoms with Crippen LogP contribution < -0.4 is 5.32 Å². The molecule has 0 aromatic heterocycles. The highest BCUT2D eigenvalue weighted by atomic mass is 16.4. The highest BCUT2D eigenvalue weighted by Crippen LogP contribution is 2.13. The Morgan fingerprint density at radius 3 is 2.40 bits per heavy atom. The molecular weight excluding hydrogens is 250 g/mol. The van der Waals surface area contributed by atoms with Crippen LogP contribution in [0.3, 0.4) is 0 Å². The average molecular weight is 269 g/mol. The fraction of sp³-hybridized carbons (Fsp3) is 0.235. The predicted octanol–water partition coefficient (Wildman–Crippen LogP) is 3.49. The molecule has 0 aliphatic heterocycles. The van der Waals surface area contributed by atoms with Gasteiger partial charge >= 0.3 is 5.97 Å². The van der Waals surface area contributed by atoms with Gasteiger partial charge in [0.2, 0.25) is 0 Å². The molecule has 20 heavy (non-hydrogen) atoms. The first-order chi connectivity index (χ1) is 9.67. The fourth-order valence-corrected chi connectivity index (χ4v) is 2.05. The predicted molar refractivity (Wildman–Crippen MR) is 80.9 cm³/mol. The van der Waals surface area contributed by atoms with Gasteiger partial charge in [0.25, 0.3) is 0 Å². The summed E-state index contributed by atoms with van der Waals surface area (Å²) in [7, 11) is 0. The zero-order valence-corrected chi connectivity index (χ0v) is 11.6. The van der Waals surface area contributed by atoms with Gasteiger partial charge < -0.3 is 10.4 Å². The van der Waals surface area contributed by atoms with Gasteiger partial charge in [-0.3, -0.25) is 4.79 Å². The Labute approximate surface area is 119 Å². The van der Waals surface area contributed by atoms with Crippen LogP contribution >= 0.6 is 0 Å². The van der Waals surface area contributed by atoms with Gasteiger partial charge in [-0.1, -0.05) is 43.3 Å². The van der Waals surface area contributed by atoms with Crippen molar-refractivity contribution in [3.05, 3.63) is 65.2 Å². The first-order valence-corrected chi connectivity index (χ1v) is 6.80. The molecule has 2 aromatic rings. The van der Waals surface area contributed by atoms with E-state index in [9.17, 15) is 4.79 Å². The van der Waals surface area contributed by atoms with Crippen LogP contribution in [0.25, 0.3) is 0 Å². The average Bonchev–Trinajstić information content (AvgIpc) is 2.46. The molecule has 2 rings (SSSR count). The van der Waals surface area contributed by atoms with Crippen LogP contribution in [0.15, 0.2) is 48.5 Å². The van der Waals surface area contributed by atoms with Crippen LogP contribution in [0.1, 0.15) is 23.6 Å². The second-order valence-corrected chi connectivity index (χ2v) is 4.79. The monoisotopic (exact) mass is 269 g/mol. The number of hydrogen-bond acceptors (Lipinski definition) is 2. The topological polar surface area (TPSA) is 49.3 Å². The maximum absolute atomic E-state index is 10.6. The van der Waals surface area contributed by atoms with Crippen molar-refractivity contribution in [1.82, 2.24) is 0 Å². The van der Waals surface area contributed by atoms with E-state index in [0.717, 1.165) is 29.8 Å². The van der Waals surface area contributed by atoms with Crippen molar-refractivity contribution in [3.63, 3.8) is 0 Å². The molecule has 0 fully saturated rings. The number of carboxylic acid groups (broad SMARTS) is 1. The fourth-order valence-electron chi connectivity index (χ4n) is 2.05. The summed E-state index contributed by atoms with van der Waals surface area (Å²) in [5, 5.41) is 12.1. The lowest BCUT2D eigenvalue weighted by Gasteiger charge is -2.08. The van der Waals surface area contributed by atoms with E-state index in [-0.39, 0.29) is 6.42 Å². The van der Waals surface area contributed by atoms with Crippen molar-refractivity contribution < 1.29 is 9.90 Å². The number of rotatable bonds is 6. The van der Waals surface area contributed by atoms with E-state index in [2.05, 4.69) is 36.5 Å². The third-order valence-corrected chi connectivity index (χ3v) is 3.21. The van der Waals surface area contributed by atoms with Gasteiger partial charge in [0.15, 0.2) is 0 Å². The number of carbonyl (C=O) groups is 1. The van der Waals surface area contributed by atoms with Gasteiger partial charge in [0.1, 0.15) is 0 Å². The zero-order chi connectivity index (χ0) is 14.4. The van der Waals surface area contributed by atoms with Crippen LogP contribution in [-0.4, -0.2) is 11.1 Å². The van der Waals surface area contributed by atoms with Crippen molar-refractivity contribution in [2.24, 2.45) is 0 Å². The maximum Gasteiger partial charge on any atom is 0.307 e. The van der Waals surface area contributed by atoms with Crippen LogP contribution in [0.5, 0.6) is 0 Å². The minimum atomic E-state index is -0.799. The van der Waals surface area contributed by atoms with Gasteiger partial charge in [-0.2, -0.15) is 0 Å². The van der Waals surface area contributed by atoms with Gasteiger partial charge in [-0.05, 0) is 35.2 Å². The molecule has 0 atom stereocenters. The summed E-state index contributed by atoms with van der Waals surface area (Å²) < 4.78 is 0. The Balaban J connectivity index is 1.94. The standard InChI is InChI=1S/C17H19NO2/c1-2-13-4-3-5-16(10-13)18-12-15-8-6-14(7-9-15)11-17(19)20/h3-10,18H,2,11-12H2,1H3,(H,19,20). The Bertz CT molecular complexity index is 576. The van der Waals surface area contributed by atoms with E-state index in [1.807, 2.05) is 24.3 Å².